The first-order valence-electron chi connectivity index (χ1n) is 9.52. The van der Waals surface area contributed by atoms with Crippen LogP contribution in [0.2, 0.25) is 0 Å². The van der Waals surface area contributed by atoms with E-state index in [1.54, 1.807) is 12.1 Å². The summed E-state index contributed by atoms with van der Waals surface area (Å²) in [5.74, 6) is -1.83. The summed E-state index contributed by atoms with van der Waals surface area (Å²) in [5, 5.41) is 2.75. The molecule has 0 fully saturated rings. The van der Waals surface area contributed by atoms with E-state index in [0.29, 0.717) is 0 Å². The van der Waals surface area contributed by atoms with Gasteiger partial charge in [0.25, 0.3) is 15.9 Å². The van der Waals surface area contributed by atoms with Gasteiger partial charge >= 0.3 is 5.97 Å². The van der Waals surface area contributed by atoms with Crippen molar-refractivity contribution in [3.8, 4) is 0 Å². The summed E-state index contributed by atoms with van der Waals surface area (Å²) in [6, 6.07) is 9.17. The van der Waals surface area contributed by atoms with Crippen LogP contribution in [-0.2, 0) is 19.6 Å². The van der Waals surface area contributed by atoms with E-state index in [1.165, 1.54) is 19.1 Å². The van der Waals surface area contributed by atoms with Crippen LogP contribution in [0.4, 0.5) is 10.1 Å². The third kappa shape index (κ3) is 6.03. The Labute approximate surface area is 175 Å². The van der Waals surface area contributed by atoms with Crippen LogP contribution in [0.25, 0.3) is 0 Å². The van der Waals surface area contributed by atoms with Crippen molar-refractivity contribution in [2.24, 2.45) is 0 Å². The second-order valence-corrected chi connectivity index (χ2v) is 8.37. The molecule has 0 spiro atoms. The fraction of sp³-hybridized carbons (Fsp3) is 0.333. The molecule has 0 atom stereocenters. The molecule has 0 radical (unpaired) electrons. The largest absolute Gasteiger partial charge is 0.452 e. The first-order chi connectivity index (χ1) is 14.2. The van der Waals surface area contributed by atoms with E-state index < -0.39 is 34.3 Å². The zero-order valence-corrected chi connectivity index (χ0v) is 17.9. The monoisotopic (exact) mass is 436 g/mol. The van der Waals surface area contributed by atoms with E-state index in [0.717, 1.165) is 31.0 Å². The number of aryl methyl sites for hydroxylation is 1. The number of para-hydroxylation sites is 1. The Morgan fingerprint density at radius 1 is 1.10 bits per heavy atom. The highest BCUT2D eigenvalue weighted by atomic mass is 32.2. The lowest BCUT2D eigenvalue weighted by atomic mass is 10.2. The Balaban J connectivity index is 2.15. The second-order valence-electron chi connectivity index (χ2n) is 6.72. The molecule has 2 rings (SSSR count). The molecule has 0 aromatic heterocycles. The maximum atomic E-state index is 13.3. The Hall–Kier alpha value is -2.94. The van der Waals surface area contributed by atoms with Crippen molar-refractivity contribution in [3.05, 3.63) is 59.4 Å². The van der Waals surface area contributed by atoms with Gasteiger partial charge in [0, 0.05) is 6.04 Å². The molecule has 2 aromatic carbocycles. The highest BCUT2D eigenvalue weighted by Gasteiger charge is 2.22. The van der Waals surface area contributed by atoms with Gasteiger partial charge in [-0.2, -0.15) is 0 Å². The SMILES string of the molecule is CCC(CC)NC(=O)COC(=O)c1ccccc1NS(=O)(=O)c1ccc(F)cc1C. The van der Waals surface area contributed by atoms with Gasteiger partial charge in [-0.05, 0) is 55.7 Å². The molecule has 0 aliphatic carbocycles. The van der Waals surface area contributed by atoms with E-state index in [-0.39, 0.29) is 27.8 Å². The summed E-state index contributed by atoms with van der Waals surface area (Å²) in [5.41, 5.74) is 0.170. The quantitative estimate of drug-likeness (QED) is 0.587. The van der Waals surface area contributed by atoms with Crippen LogP contribution in [0.1, 0.15) is 42.6 Å². The average Bonchev–Trinajstić information content (AvgIpc) is 2.70. The summed E-state index contributed by atoms with van der Waals surface area (Å²) < 4.78 is 46.1. The van der Waals surface area contributed by atoms with Crippen LogP contribution in [0.3, 0.4) is 0 Å². The van der Waals surface area contributed by atoms with Gasteiger partial charge in [-0.1, -0.05) is 26.0 Å². The molecule has 0 aliphatic heterocycles. The normalized spacial score (nSPS) is 11.2. The number of nitrogens with one attached hydrogen (secondary N) is 2. The predicted molar refractivity (Wildman–Crippen MR) is 111 cm³/mol. The molecular formula is C21H25FN2O5S. The van der Waals surface area contributed by atoms with Gasteiger partial charge in [0.15, 0.2) is 6.61 Å². The molecule has 7 nitrogen and oxygen atoms in total. The third-order valence-electron chi connectivity index (χ3n) is 4.50. The molecule has 0 saturated carbocycles. The average molecular weight is 437 g/mol. The maximum absolute atomic E-state index is 13.3. The summed E-state index contributed by atoms with van der Waals surface area (Å²) in [4.78, 5) is 24.3. The lowest BCUT2D eigenvalue weighted by Gasteiger charge is -2.15. The number of hydrogen-bond donors (Lipinski definition) is 2. The summed E-state index contributed by atoms with van der Waals surface area (Å²) >= 11 is 0. The van der Waals surface area contributed by atoms with Crippen molar-refractivity contribution in [1.29, 1.82) is 0 Å². The van der Waals surface area contributed by atoms with Crippen molar-refractivity contribution >= 4 is 27.6 Å². The van der Waals surface area contributed by atoms with E-state index in [2.05, 4.69) is 10.0 Å². The lowest BCUT2D eigenvalue weighted by Crippen LogP contribution is -2.36. The standard InChI is InChI=1S/C21H25FN2O5S/c1-4-16(5-2)23-20(25)13-29-21(26)17-8-6-7-9-18(17)24-30(27,28)19-11-10-15(22)12-14(19)3/h6-12,16,24H,4-5,13H2,1-3H3,(H,23,25). The minimum Gasteiger partial charge on any atom is -0.452 e. The number of rotatable bonds is 9. The number of hydrogen-bond acceptors (Lipinski definition) is 5. The zero-order valence-electron chi connectivity index (χ0n) is 17.1. The van der Waals surface area contributed by atoms with Gasteiger partial charge in [-0.3, -0.25) is 9.52 Å². The summed E-state index contributed by atoms with van der Waals surface area (Å²) in [6.45, 7) is 4.86. The van der Waals surface area contributed by atoms with E-state index in [1.807, 2.05) is 13.8 Å². The number of halogens is 1. The first-order valence-corrected chi connectivity index (χ1v) is 11.0. The number of benzene rings is 2. The summed E-state index contributed by atoms with van der Waals surface area (Å²) in [6.07, 6.45) is 1.51. The maximum Gasteiger partial charge on any atom is 0.340 e. The fourth-order valence-electron chi connectivity index (χ4n) is 2.84. The first kappa shape index (κ1) is 23.3. The molecule has 0 unspecified atom stereocenters. The second kappa shape index (κ2) is 10.2. The smallest absolute Gasteiger partial charge is 0.340 e. The van der Waals surface area contributed by atoms with E-state index in [4.69, 9.17) is 4.74 Å². The van der Waals surface area contributed by atoms with Crippen molar-refractivity contribution in [1.82, 2.24) is 5.32 Å². The number of amides is 1. The molecule has 30 heavy (non-hydrogen) atoms. The number of carbonyl (C=O) groups is 2. The van der Waals surface area contributed by atoms with Crippen LogP contribution < -0.4 is 10.0 Å². The van der Waals surface area contributed by atoms with Crippen molar-refractivity contribution in [2.45, 2.75) is 44.6 Å². The zero-order chi connectivity index (χ0) is 22.3. The Morgan fingerprint density at radius 3 is 2.40 bits per heavy atom. The minimum atomic E-state index is -4.07. The highest BCUT2D eigenvalue weighted by molar-refractivity contribution is 7.92. The van der Waals surface area contributed by atoms with Crippen molar-refractivity contribution in [3.63, 3.8) is 0 Å². The van der Waals surface area contributed by atoms with Gasteiger partial charge in [-0.15, -0.1) is 0 Å². The Kier molecular flexibility index (Phi) is 7.93. The topological polar surface area (TPSA) is 102 Å². The molecule has 0 saturated heterocycles. The lowest BCUT2D eigenvalue weighted by molar-refractivity contribution is -0.125. The van der Waals surface area contributed by atoms with E-state index in [9.17, 15) is 22.4 Å². The number of carbonyl (C=O) groups excluding carboxylic acids is 2. The summed E-state index contributed by atoms with van der Waals surface area (Å²) in [7, 11) is -4.07. The molecule has 1 amide bonds. The number of esters is 1. The highest BCUT2D eigenvalue weighted by Crippen LogP contribution is 2.23. The van der Waals surface area contributed by atoms with Crippen molar-refractivity contribution in [2.75, 3.05) is 11.3 Å². The Morgan fingerprint density at radius 2 is 1.77 bits per heavy atom. The molecule has 0 heterocycles. The van der Waals surface area contributed by atoms with Gasteiger partial charge < -0.3 is 10.1 Å². The third-order valence-corrected chi connectivity index (χ3v) is 6.03. The molecule has 162 valence electrons. The number of sulfonamides is 1. The van der Waals surface area contributed by atoms with Gasteiger partial charge in [0.2, 0.25) is 0 Å². The molecular weight excluding hydrogens is 411 g/mol. The van der Waals surface area contributed by atoms with Crippen molar-refractivity contribution < 1.29 is 27.1 Å². The predicted octanol–water partition coefficient (Wildman–Crippen LogP) is 3.40. The molecule has 9 heteroatoms. The molecule has 2 aromatic rings. The van der Waals surface area contributed by atoms with Crippen LogP contribution >= 0.6 is 0 Å². The van der Waals surface area contributed by atoms with Gasteiger partial charge in [-0.25, -0.2) is 17.6 Å². The number of ether oxygens (including phenoxy) is 1. The van der Waals surface area contributed by atoms with Gasteiger partial charge in [0.05, 0.1) is 16.1 Å². The Bertz CT molecular complexity index is 1020. The molecule has 0 aliphatic rings. The van der Waals surface area contributed by atoms with Crippen LogP contribution in [0.15, 0.2) is 47.4 Å². The van der Waals surface area contributed by atoms with Gasteiger partial charge in [0.1, 0.15) is 5.82 Å². The minimum absolute atomic E-state index is 0.00533. The molecule has 0 bridgehead atoms. The fourth-order valence-corrected chi connectivity index (χ4v) is 4.14. The van der Waals surface area contributed by atoms with Crippen LogP contribution in [0.5, 0.6) is 0 Å². The number of anilines is 1. The van der Waals surface area contributed by atoms with E-state index >= 15 is 0 Å². The van der Waals surface area contributed by atoms with Crippen LogP contribution in [-0.4, -0.2) is 32.9 Å². The van der Waals surface area contributed by atoms with Crippen LogP contribution in [0, 0.1) is 12.7 Å². The molecule has 2 N–H and O–H groups in total.